The smallest absolute Gasteiger partial charge is 0.463 e. The van der Waals surface area contributed by atoms with E-state index in [1.165, 1.54) is 101 Å². The van der Waals surface area contributed by atoms with Crippen LogP contribution in [0.4, 0.5) is 0 Å². The Morgan fingerprint density at radius 1 is 0.596 bits per heavy atom. The van der Waals surface area contributed by atoms with Crippen LogP contribution < -0.4 is 0 Å². The summed E-state index contributed by atoms with van der Waals surface area (Å²) in [7, 11) is 1.77. The number of phosphoric acid groups is 1. The lowest BCUT2D eigenvalue weighted by molar-refractivity contribution is -0.870. The molecule has 9 aliphatic carbocycles. The predicted molar refractivity (Wildman–Crippen MR) is 223 cm³/mol. The molecule has 0 aromatic heterocycles. The zero-order valence-corrected chi connectivity index (χ0v) is 37.1. The Hall–Kier alpha value is -0.500. The van der Waals surface area contributed by atoms with Crippen LogP contribution in [0.1, 0.15) is 141 Å². The number of rotatable bonds is 27. The normalized spacial score (nSPS) is 42.5. The molecule has 0 spiro atoms. The largest absolute Gasteiger partial charge is 0.472 e. The number of carbonyl (C=O) groups is 1. The second-order valence-corrected chi connectivity index (χ2v) is 24.0. The van der Waals surface area contributed by atoms with Crippen LogP contribution in [0.2, 0.25) is 0 Å². The van der Waals surface area contributed by atoms with Gasteiger partial charge in [-0.3, -0.25) is 13.8 Å². The predicted octanol–water partition coefficient (Wildman–Crippen LogP) is 10.3. The molecule has 9 fully saturated rings. The summed E-state index contributed by atoms with van der Waals surface area (Å²) in [6, 6.07) is 0. The molecule has 0 radical (unpaired) electrons. The van der Waals surface area contributed by atoms with Crippen LogP contribution >= 0.6 is 7.82 Å². The van der Waals surface area contributed by atoms with Crippen molar-refractivity contribution in [2.24, 2.45) is 94.7 Å². The lowest BCUT2D eigenvalue weighted by atomic mass is 9.20. The summed E-state index contributed by atoms with van der Waals surface area (Å²) in [5, 5.41) is 0. The van der Waals surface area contributed by atoms with Gasteiger partial charge in [-0.2, -0.15) is 0 Å². The van der Waals surface area contributed by atoms with Crippen LogP contribution in [0, 0.1) is 94.7 Å². The number of unbranched alkanes of at least 4 members (excludes halogenated alkanes) is 9. The van der Waals surface area contributed by atoms with E-state index in [0.717, 1.165) is 96.7 Å². The highest BCUT2D eigenvalue weighted by atomic mass is 31.2. The van der Waals surface area contributed by atoms with Crippen molar-refractivity contribution < 1.29 is 37.3 Å². The molecule has 18 atom stereocenters. The second-order valence-electron chi connectivity index (χ2n) is 22.5. The standard InChI is InChI=1S/C48H80NO7P/c1-49(2,3)24-26-55-57(51,52)56-30-33(53-25-14-10-5-4-7-11-15-31-18-19-38-39(27-31)44-35-21-20-34(35)43(38)44)29-54-41(50)17-13-9-6-8-12-16-32-28-40-42(32)48-46-37-23-22-36(37)45(46)47(40)48/h31-40,42-48H,4-30H2,1-3H3/p+1/t31-,32-,33-,34-,35+,36-,37+,38+,39-,40-,42+,43-,44+,45+,46-,47-,48+/m1/s1. The fourth-order valence-electron chi connectivity index (χ4n) is 15.7. The minimum Gasteiger partial charge on any atom is -0.463 e. The topological polar surface area (TPSA) is 91.3 Å². The molecule has 9 aliphatic rings. The number of ether oxygens (including phenoxy) is 2. The molecule has 0 aromatic carbocycles. The van der Waals surface area contributed by atoms with E-state index in [9.17, 15) is 14.3 Å². The van der Waals surface area contributed by atoms with E-state index in [4.69, 9.17) is 18.5 Å². The van der Waals surface area contributed by atoms with Crippen LogP contribution in [0.25, 0.3) is 0 Å². The molecule has 0 heterocycles. The van der Waals surface area contributed by atoms with Gasteiger partial charge in [-0.1, -0.05) is 77.0 Å². The molecular weight excluding hydrogens is 734 g/mol. The Kier molecular flexibility index (Phi) is 13.0. The molecule has 9 saturated carbocycles. The maximum absolute atomic E-state index is 12.7. The van der Waals surface area contributed by atoms with Gasteiger partial charge in [0.1, 0.15) is 25.9 Å². The molecule has 0 aromatic rings. The van der Waals surface area contributed by atoms with Gasteiger partial charge < -0.3 is 18.9 Å². The minimum absolute atomic E-state index is 0.0253. The average molecular weight is 815 g/mol. The van der Waals surface area contributed by atoms with Gasteiger partial charge in [0.15, 0.2) is 0 Å². The van der Waals surface area contributed by atoms with Gasteiger partial charge in [-0.25, -0.2) is 4.57 Å². The van der Waals surface area contributed by atoms with Gasteiger partial charge in [-0.15, -0.1) is 0 Å². The highest BCUT2D eigenvalue weighted by Gasteiger charge is 2.79. The molecule has 0 aliphatic heterocycles. The van der Waals surface area contributed by atoms with Crippen molar-refractivity contribution in [2.45, 2.75) is 147 Å². The molecule has 324 valence electrons. The number of esters is 1. The molecule has 0 amide bonds. The van der Waals surface area contributed by atoms with Gasteiger partial charge in [-0.05, 0) is 152 Å². The third-order valence-electron chi connectivity index (χ3n) is 18.8. The summed E-state index contributed by atoms with van der Waals surface area (Å²) in [4.78, 5) is 23.0. The molecular formula is C48H81NO7P+. The highest BCUT2D eigenvalue weighted by Crippen LogP contribution is 2.84. The maximum Gasteiger partial charge on any atom is 0.472 e. The van der Waals surface area contributed by atoms with E-state index in [1.807, 2.05) is 21.1 Å². The highest BCUT2D eigenvalue weighted by molar-refractivity contribution is 7.47. The number of fused-ring (bicyclic) bond motifs is 17. The van der Waals surface area contributed by atoms with Crippen molar-refractivity contribution in [3.8, 4) is 0 Å². The Bertz CT molecular complexity index is 1410. The fraction of sp³-hybridized carbons (Fsp3) is 0.979. The molecule has 1 unspecified atom stereocenters. The van der Waals surface area contributed by atoms with Gasteiger partial charge in [0.05, 0.1) is 27.7 Å². The Labute approximate surface area is 346 Å². The van der Waals surface area contributed by atoms with E-state index in [-0.39, 0.29) is 25.8 Å². The van der Waals surface area contributed by atoms with Gasteiger partial charge >= 0.3 is 13.8 Å². The summed E-state index contributed by atoms with van der Waals surface area (Å²) < 4.78 is 35.5. The minimum atomic E-state index is -4.24. The van der Waals surface area contributed by atoms with Crippen molar-refractivity contribution in [3.05, 3.63) is 0 Å². The SMILES string of the molecule is C[N+](C)(C)CCOP(=O)(O)OC[C@@H](COC(=O)CCCCCCC[C@@H]1C[C@H]2[C@@H]3[C@H]4[C@@H]5CC[C@@H]5[C@H]4[C@@H]3[C@@H]12)OCCCCCCCC[C@@H]1CC[C@H]2[C@@H](C1)[C@@H]1[C@H]3CC[C@H]3[C@H]21. The van der Waals surface area contributed by atoms with Gasteiger partial charge in [0.2, 0.25) is 0 Å². The third kappa shape index (κ3) is 8.65. The van der Waals surface area contributed by atoms with E-state index < -0.39 is 13.9 Å². The van der Waals surface area contributed by atoms with Crippen LogP contribution in [0.3, 0.4) is 0 Å². The van der Waals surface area contributed by atoms with E-state index in [1.54, 1.807) is 32.1 Å². The summed E-state index contributed by atoms with van der Waals surface area (Å²) in [6.07, 6.45) is 27.9. The van der Waals surface area contributed by atoms with Crippen molar-refractivity contribution in [1.82, 2.24) is 0 Å². The molecule has 1 N–H and O–H groups in total. The Morgan fingerprint density at radius 2 is 1.18 bits per heavy atom. The number of quaternary nitrogens is 1. The summed E-state index contributed by atoms with van der Waals surface area (Å²) in [6.45, 7) is 1.09. The monoisotopic (exact) mass is 815 g/mol. The summed E-state index contributed by atoms with van der Waals surface area (Å²) in [5.41, 5.74) is 0. The average Bonchev–Trinajstić information content (AvgIpc) is 3.13. The number of phosphoric ester groups is 1. The molecule has 0 bridgehead atoms. The molecule has 8 nitrogen and oxygen atoms in total. The molecule has 9 heteroatoms. The van der Waals surface area contributed by atoms with Crippen LogP contribution in [-0.4, -0.2) is 75.6 Å². The number of hydrogen-bond acceptors (Lipinski definition) is 6. The van der Waals surface area contributed by atoms with E-state index in [0.29, 0.717) is 24.1 Å². The number of nitrogens with zero attached hydrogens (tertiary/aromatic N) is 1. The Balaban J connectivity index is 0.603. The van der Waals surface area contributed by atoms with Gasteiger partial charge in [0, 0.05) is 13.0 Å². The Morgan fingerprint density at radius 3 is 1.89 bits per heavy atom. The number of carbonyl (C=O) groups excluding carboxylic acids is 1. The zero-order valence-electron chi connectivity index (χ0n) is 36.2. The number of hydrogen-bond donors (Lipinski definition) is 1. The first-order valence-corrected chi connectivity index (χ1v) is 26.3. The van der Waals surface area contributed by atoms with Crippen molar-refractivity contribution >= 4 is 13.8 Å². The van der Waals surface area contributed by atoms with Crippen LogP contribution in [-0.2, 0) is 27.9 Å². The van der Waals surface area contributed by atoms with E-state index >= 15 is 0 Å². The first kappa shape index (κ1) is 41.8. The lowest BCUT2D eigenvalue weighted by Gasteiger charge is -2.85. The first-order chi connectivity index (χ1) is 27.6. The molecule has 57 heavy (non-hydrogen) atoms. The van der Waals surface area contributed by atoms with Crippen LogP contribution in [0.15, 0.2) is 0 Å². The second kappa shape index (κ2) is 17.7. The summed E-state index contributed by atoms with van der Waals surface area (Å²) in [5.74, 6) is 17.9. The quantitative estimate of drug-likeness (QED) is 0.0290. The van der Waals surface area contributed by atoms with Crippen molar-refractivity contribution in [1.29, 1.82) is 0 Å². The molecule has 9 rings (SSSR count). The number of likely N-dealkylation sites (N-methyl/N-ethyl adjacent to an activating group) is 1. The first-order valence-electron chi connectivity index (χ1n) is 24.8. The lowest BCUT2D eigenvalue weighted by Crippen LogP contribution is -2.80. The maximum atomic E-state index is 12.7. The van der Waals surface area contributed by atoms with Crippen LogP contribution in [0.5, 0.6) is 0 Å². The van der Waals surface area contributed by atoms with Crippen molar-refractivity contribution in [2.75, 3.05) is 54.1 Å². The summed E-state index contributed by atoms with van der Waals surface area (Å²) >= 11 is 0. The van der Waals surface area contributed by atoms with Gasteiger partial charge in [0.25, 0.3) is 0 Å². The molecule has 0 saturated heterocycles. The third-order valence-corrected chi connectivity index (χ3v) is 19.7. The van der Waals surface area contributed by atoms with E-state index in [2.05, 4.69) is 0 Å². The fourth-order valence-corrected chi connectivity index (χ4v) is 16.4. The van der Waals surface area contributed by atoms with Crippen molar-refractivity contribution in [3.63, 3.8) is 0 Å². The zero-order chi connectivity index (χ0) is 39.3.